The van der Waals surface area contributed by atoms with E-state index in [1.807, 2.05) is 0 Å². The molecule has 1 aliphatic heterocycles. The third-order valence-corrected chi connectivity index (χ3v) is 5.85. The summed E-state index contributed by atoms with van der Waals surface area (Å²) >= 11 is 0. The molecular formula is C19H28N4. The van der Waals surface area contributed by atoms with Crippen LogP contribution in [0.2, 0.25) is 0 Å². The fraction of sp³-hybridized carbons (Fsp3) is 0.684. The summed E-state index contributed by atoms with van der Waals surface area (Å²) in [7, 11) is 0. The Morgan fingerprint density at radius 1 is 0.783 bits per heavy atom. The first kappa shape index (κ1) is 15.1. The number of piperidine rings is 1. The first-order valence-electron chi connectivity index (χ1n) is 9.46. The standard InChI is InChI=1S/C19H28N4/c1-2-7-13-19(14-8-3-1,22-15-9-4-10-16-22)23-18-12-6-5-11-17(18)20-21-23/h5-6,11-12H,1-4,7-10,13-16H2. The van der Waals surface area contributed by atoms with E-state index >= 15 is 0 Å². The lowest BCUT2D eigenvalue weighted by molar-refractivity contribution is -0.0284. The van der Waals surface area contributed by atoms with E-state index in [0.29, 0.717) is 0 Å². The van der Waals surface area contributed by atoms with Crippen LogP contribution >= 0.6 is 0 Å². The predicted octanol–water partition coefficient (Wildman–Crippen LogP) is 4.31. The molecule has 4 heteroatoms. The first-order valence-corrected chi connectivity index (χ1v) is 9.46. The second kappa shape index (κ2) is 6.60. The van der Waals surface area contributed by atoms with Gasteiger partial charge in [-0.3, -0.25) is 4.90 Å². The van der Waals surface area contributed by atoms with Crippen molar-refractivity contribution >= 4 is 11.0 Å². The zero-order valence-electron chi connectivity index (χ0n) is 14.1. The van der Waals surface area contributed by atoms with Gasteiger partial charge in [0.1, 0.15) is 11.2 Å². The Kier molecular flexibility index (Phi) is 4.34. The summed E-state index contributed by atoms with van der Waals surface area (Å²) in [5.41, 5.74) is 2.29. The van der Waals surface area contributed by atoms with E-state index in [4.69, 9.17) is 0 Å². The summed E-state index contributed by atoms with van der Waals surface area (Å²) < 4.78 is 2.29. The molecule has 1 aromatic carbocycles. The number of hydrogen-bond donors (Lipinski definition) is 0. The van der Waals surface area contributed by atoms with Gasteiger partial charge in [0.2, 0.25) is 0 Å². The molecule has 0 unspecified atom stereocenters. The molecule has 0 spiro atoms. The molecular weight excluding hydrogens is 284 g/mol. The number of rotatable bonds is 2. The van der Waals surface area contributed by atoms with E-state index in [1.165, 1.54) is 82.8 Å². The highest BCUT2D eigenvalue weighted by Crippen LogP contribution is 2.39. The van der Waals surface area contributed by atoms with Gasteiger partial charge >= 0.3 is 0 Å². The third kappa shape index (κ3) is 2.78. The molecule has 0 radical (unpaired) electrons. The summed E-state index contributed by atoms with van der Waals surface area (Å²) in [4.78, 5) is 2.74. The lowest BCUT2D eigenvalue weighted by atomic mass is 9.88. The molecule has 1 saturated carbocycles. The van der Waals surface area contributed by atoms with Crippen LogP contribution in [0, 0.1) is 0 Å². The van der Waals surface area contributed by atoms with Crippen molar-refractivity contribution in [2.24, 2.45) is 0 Å². The van der Waals surface area contributed by atoms with Gasteiger partial charge in [0, 0.05) is 13.1 Å². The molecule has 2 heterocycles. The van der Waals surface area contributed by atoms with Crippen LogP contribution in [-0.2, 0) is 5.66 Å². The van der Waals surface area contributed by atoms with Crippen LogP contribution in [0.4, 0.5) is 0 Å². The molecule has 4 rings (SSSR count). The fourth-order valence-electron chi connectivity index (χ4n) is 4.62. The Bertz CT molecular complexity index is 634. The van der Waals surface area contributed by atoms with E-state index in [-0.39, 0.29) is 5.66 Å². The van der Waals surface area contributed by atoms with Gasteiger partial charge in [-0.25, -0.2) is 4.68 Å². The largest absolute Gasteiger partial charge is 0.279 e. The van der Waals surface area contributed by atoms with Gasteiger partial charge in [-0.15, -0.1) is 5.10 Å². The molecule has 1 aliphatic carbocycles. The Balaban J connectivity index is 1.79. The van der Waals surface area contributed by atoms with Gasteiger partial charge in [0.25, 0.3) is 0 Å². The zero-order chi connectivity index (χ0) is 15.5. The molecule has 23 heavy (non-hydrogen) atoms. The molecule has 0 N–H and O–H groups in total. The number of benzene rings is 1. The molecule has 2 aromatic rings. The minimum atomic E-state index is 0.0525. The number of aromatic nitrogens is 3. The van der Waals surface area contributed by atoms with Crippen LogP contribution in [-0.4, -0.2) is 33.0 Å². The van der Waals surface area contributed by atoms with Crippen LogP contribution in [0.25, 0.3) is 11.0 Å². The minimum absolute atomic E-state index is 0.0525. The lowest BCUT2D eigenvalue weighted by Gasteiger charge is -2.47. The molecule has 2 fully saturated rings. The highest BCUT2D eigenvalue weighted by molar-refractivity contribution is 5.74. The number of likely N-dealkylation sites (tertiary alicyclic amines) is 1. The molecule has 2 aliphatic rings. The minimum Gasteiger partial charge on any atom is -0.279 e. The second-order valence-electron chi connectivity index (χ2n) is 7.29. The van der Waals surface area contributed by atoms with Crippen LogP contribution < -0.4 is 0 Å². The molecule has 0 atom stereocenters. The molecule has 1 saturated heterocycles. The summed E-state index contributed by atoms with van der Waals surface area (Å²) in [5.74, 6) is 0. The first-order chi connectivity index (χ1) is 11.4. The molecule has 0 amide bonds. The van der Waals surface area contributed by atoms with Gasteiger partial charge in [-0.05, 0) is 50.7 Å². The molecule has 124 valence electrons. The maximum atomic E-state index is 4.66. The van der Waals surface area contributed by atoms with Crippen molar-refractivity contribution in [3.8, 4) is 0 Å². The Labute approximate surface area is 138 Å². The van der Waals surface area contributed by atoms with Crippen LogP contribution in [0.1, 0.15) is 64.2 Å². The van der Waals surface area contributed by atoms with Crippen molar-refractivity contribution in [3.63, 3.8) is 0 Å². The summed E-state index contributed by atoms with van der Waals surface area (Å²) in [6.45, 7) is 2.43. The second-order valence-corrected chi connectivity index (χ2v) is 7.29. The Morgan fingerprint density at radius 2 is 1.43 bits per heavy atom. The van der Waals surface area contributed by atoms with Crippen molar-refractivity contribution in [1.82, 2.24) is 19.9 Å². The summed E-state index contributed by atoms with van der Waals surface area (Å²) in [6, 6.07) is 8.47. The molecule has 0 bridgehead atoms. The lowest BCUT2D eigenvalue weighted by Crippen LogP contribution is -2.53. The average Bonchev–Trinajstić information content (AvgIpc) is 3.01. The van der Waals surface area contributed by atoms with E-state index in [9.17, 15) is 0 Å². The number of para-hydroxylation sites is 1. The van der Waals surface area contributed by atoms with Crippen molar-refractivity contribution in [3.05, 3.63) is 24.3 Å². The van der Waals surface area contributed by atoms with Crippen molar-refractivity contribution in [1.29, 1.82) is 0 Å². The predicted molar refractivity (Wildman–Crippen MR) is 93.2 cm³/mol. The quantitative estimate of drug-likeness (QED) is 0.828. The van der Waals surface area contributed by atoms with Crippen LogP contribution in [0.3, 0.4) is 0 Å². The third-order valence-electron chi connectivity index (χ3n) is 5.85. The highest BCUT2D eigenvalue weighted by Gasteiger charge is 2.40. The number of fused-ring (bicyclic) bond motifs is 1. The fourth-order valence-corrected chi connectivity index (χ4v) is 4.62. The number of hydrogen-bond acceptors (Lipinski definition) is 3. The monoisotopic (exact) mass is 312 g/mol. The van der Waals surface area contributed by atoms with Crippen molar-refractivity contribution in [2.75, 3.05) is 13.1 Å². The zero-order valence-corrected chi connectivity index (χ0v) is 14.1. The van der Waals surface area contributed by atoms with Crippen molar-refractivity contribution < 1.29 is 0 Å². The van der Waals surface area contributed by atoms with Crippen molar-refractivity contribution in [2.45, 2.75) is 69.9 Å². The summed E-state index contributed by atoms with van der Waals surface area (Å²) in [6.07, 6.45) is 13.2. The summed E-state index contributed by atoms with van der Waals surface area (Å²) in [5, 5.41) is 9.14. The molecule has 1 aromatic heterocycles. The SMILES string of the molecule is c1ccc2c(c1)nnn2C1(N2CCCCC2)CCCCCCC1. The maximum absolute atomic E-state index is 4.66. The van der Waals surface area contributed by atoms with E-state index in [0.717, 1.165) is 5.52 Å². The van der Waals surface area contributed by atoms with Gasteiger partial charge < -0.3 is 0 Å². The normalized spacial score (nSPS) is 23.5. The van der Waals surface area contributed by atoms with Gasteiger partial charge in [0.15, 0.2) is 0 Å². The smallest absolute Gasteiger partial charge is 0.117 e. The topological polar surface area (TPSA) is 34.0 Å². The van der Waals surface area contributed by atoms with Gasteiger partial charge in [-0.2, -0.15) is 0 Å². The number of nitrogens with zero attached hydrogens (tertiary/aromatic N) is 4. The Morgan fingerprint density at radius 3 is 2.22 bits per heavy atom. The van der Waals surface area contributed by atoms with E-state index in [1.54, 1.807) is 0 Å². The van der Waals surface area contributed by atoms with Crippen LogP contribution in [0.15, 0.2) is 24.3 Å². The highest BCUT2D eigenvalue weighted by atomic mass is 15.5. The van der Waals surface area contributed by atoms with E-state index in [2.05, 4.69) is 44.2 Å². The van der Waals surface area contributed by atoms with Gasteiger partial charge in [0.05, 0.1) is 5.52 Å². The maximum Gasteiger partial charge on any atom is 0.117 e. The Hall–Kier alpha value is -1.42. The molecule has 4 nitrogen and oxygen atoms in total. The van der Waals surface area contributed by atoms with Gasteiger partial charge in [-0.1, -0.05) is 43.0 Å². The average molecular weight is 312 g/mol. The van der Waals surface area contributed by atoms with Crippen LogP contribution in [0.5, 0.6) is 0 Å². The van der Waals surface area contributed by atoms with E-state index < -0.39 is 0 Å².